The molecule has 0 bridgehead atoms. The van der Waals surface area contributed by atoms with Crippen LogP contribution >= 0.6 is 23.5 Å². The van der Waals surface area contributed by atoms with Gasteiger partial charge >= 0.3 is 0 Å². The Morgan fingerprint density at radius 1 is 1.22 bits per heavy atom. The summed E-state index contributed by atoms with van der Waals surface area (Å²) in [4.78, 5) is 32.4. The Balaban J connectivity index is 2.46. The molecule has 3 N–H and O–H groups in total. The van der Waals surface area contributed by atoms with E-state index in [1.165, 1.54) is 28.1 Å². The minimum atomic E-state index is -0.643. The molecule has 0 spiro atoms. The van der Waals surface area contributed by atoms with Gasteiger partial charge in [-0.3, -0.25) is 14.2 Å². The molecule has 3 rings (SSSR count). The summed E-state index contributed by atoms with van der Waals surface area (Å²) < 4.78 is 1.50. The van der Waals surface area contributed by atoms with E-state index in [2.05, 4.69) is 9.97 Å². The number of nitrogens with zero attached hydrogens (tertiary/aromatic N) is 2. The predicted octanol–water partition coefficient (Wildman–Crippen LogP) is 2.26. The topological polar surface area (TPSA) is 93.8 Å². The van der Waals surface area contributed by atoms with Crippen LogP contribution in [0.5, 0.6) is 0 Å². The quantitative estimate of drug-likeness (QED) is 0.558. The third-order valence-corrected chi connectivity index (χ3v) is 4.76. The number of hydrogen-bond acceptors (Lipinski definition) is 5. The largest absolute Gasteiger partial charge is 0.365 e. The second-order valence-electron chi connectivity index (χ2n) is 4.70. The zero-order valence-corrected chi connectivity index (χ0v) is 14.1. The predicted molar refractivity (Wildman–Crippen MR) is 93.8 cm³/mol. The normalized spacial score (nSPS) is 11.0. The fraction of sp³-hybridized carbons (Fsp3) is 0.133. The van der Waals surface area contributed by atoms with Crippen LogP contribution in [-0.4, -0.2) is 33.0 Å². The van der Waals surface area contributed by atoms with Gasteiger partial charge in [-0.05, 0) is 24.6 Å². The minimum absolute atomic E-state index is 0.197. The van der Waals surface area contributed by atoms with Gasteiger partial charge in [-0.25, -0.2) is 4.98 Å². The summed E-state index contributed by atoms with van der Waals surface area (Å²) in [6.45, 7) is 0. The van der Waals surface area contributed by atoms with Crippen molar-refractivity contribution in [1.29, 1.82) is 0 Å². The van der Waals surface area contributed by atoms with Crippen molar-refractivity contribution >= 4 is 40.5 Å². The number of carbonyl (C=O) groups excluding carboxylic acids is 1. The van der Waals surface area contributed by atoms with Crippen LogP contribution in [0.15, 0.2) is 45.3 Å². The molecule has 1 amide bonds. The molecule has 8 heteroatoms. The van der Waals surface area contributed by atoms with Crippen molar-refractivity contribution in [3.63, 3.8) is 0 Å². The Bertz CT molecular complexity index is 948. The average molecular weight is 346 g/mol. The number of amides is 1. The fourth-order valence-corrected chi connectivity index (χ4v) is 3.59. The molecule has 0 aliphatic heterocycles. The number of nitrogens with one attached hydrogen (secondary N) is 1. The maximum Gasteiger partial charge on any atom is 0.269 e. The first-order chi connectivity index (χ1) is 11.1. The second kappa shape index (κ2) is 6.13. The van der Waals surface area contributed by atoms with Gasteiger partial charge in [0.05, 0.1) is 21.7 Å². The van der Waals surface area contributed by atoms with Crippen molar-refractivity contribution in [1.82, 2.24) is 14.5 Å². The van der Waals surface area contributed by atoms with E-state index in [4.69, 9.17) is 5.73 Å². The van der Waals surface area contributed by atoms with Crippen molar-refractivity contribution in [3.8, 4) is 5.69 Å². The third-order valence-electron chi connectivity index (χ3n) is 3.41. The molecule has 2 heterocycles. The number of aromatic nitrogens is 3. The standard InChI is InChI=1S/C15H14N4O2S2/c1-22-13-9(11(16)20)10-12(17-13)18-15(23-2)19(14(10)21)8-6-4-3-5-7-8/h3-7,17H,1-2H3,(H2,16,20). The van der Waals surface area contributed by atoms with Crippen LogP contribution < -0.4 is 11.3 Å². The molecule has 0 aliphatic rings. The van der Waals surface area contributed by atoms with Gasteiger partial charge in [-0.15, -0.1) is 11.8 Å². The van der Waals surface area contributed by atoms with Crippen LogP contribution in [0.4, 0.5) is 0 Å². The Kier molecular flexibility index (Phi) is 4.18. The minimum Gasteiger partial charge on any atom is -0.365 e. The lowest BCUT2D eigenvalue weighted by molar-refractivity contribution is 0.0999. The maximum absolute atomic E-state index is 13.0. The molecule has 6 nitrogen and oxygen atoms in total. The number of primary amides is 1. The molecule has 0 fully saturated rings. The summed E-state index contributed by atoms with van der Waals surface area (Å²) in [5.74, 6) is -0.643. The first-order valence-corrected chi connectivity index (χ1v) is 9.15. The molecule has 2 aromatic heterocycles. The Morgan fingerprint density at radius 2 is 1.91 bits per heavy atom. The third kappa shape index (κ3) is 2.53. The van der Waals surface area contributed by atoms with Gasteiger partial charge < -0.3 is 10.7 Å². The highest BCUT2D eigenvalue weighted by Gasteiger charge is 2.23. The van der Waals surface area contributed by atoms with Crippen LogP contribution in [0, 0.1) is 0 Å². The van der Waals surface area contributed by atoms with Gasteiger partial charge in [0.15, 0.2) is 5.16 Å². The summed E-state index contributed by atoms with van der Waals surface area (Å²) in [5, 5.41) is 1.32. The number of para-hydroxylation sites is 1. The van der Waals surface area contributed by atoms with Gasteiger partial charge in [0.1, 0.15) is 5.65 Å². The summed E-state index contributed by atoms with van der Waals surface area (Å²) in [6, 6.07) is 9.20. The van der Waals surface area contributed by atoms with Crippen LogP contribution in [0.3, 0.4) is 0 Å². The van der Waals surface area contributed by atoms with Gasteiger partial charge in [-0.2, -0.15) is 0 Å². The Hall–Kier alpha value is -2.19. The number of carbonyl (C=O) groups is 1. The Labute approximate surface area is 140 Å². The average Bonchev–Trinajstić information content (AvgIpc) is 2.94. The molecule has 0 atom stereocenters. The molecule has 118 valence electrons. The van der Waals surface area contributed by atoms with Crippen molar-refractivity contribution in [2.45, 2.75) is 10.2 Å². The fourth-order valence-electron chi connectivity index (χ4n) is 2.43. The number of aromatic amines is 1. The molecule has 0 saturated carbocycles. The molecule has 3 aromatic rings. The van der Waals surface area contributed by atoms with E-state index in [0.717, 1.165) is 0 Å². The number of rotatable bonds is 4. The first kappa shape index (κ1) is 15.7. The smallest absolute Gasteiger partial charge is 0.269 e. The highest BCUT2D eigenvalue weighted by Crippen LogP contribution is 2.27. The maximum atomic E-state index is 13.0. The summed E-state index contributed by atoms with van der Waals surface area (Å²) in [7, 11) is 0. The van der Waals surface area contributed by atoms with Crippen LogP contribution in [0.25, 0.3) is 16.7 Å². The molecule has 0 unspecified atom stereocenters. The molecule has 0 radical (unpaired) electrons. The van der Waals surface area contributed by atoms with E-state index >= 15 is 0 Å². The van der Waals surface area contributed by atoms with Crippen molar-refractivity contribution in [3.05, 3.63) is 46.2 Å². The second-order valence-corrected chi connectivity index (χ2v) is 6.29. The van der Waals surface area contributed by atoms with E-state index in [9.17, 15) is 9.59 Å². The lowest BCUT2D eigenvalue weighted by atomic mass is 10.2. The van der Waals surface area contributed by atoms with Crippen molar-refractivity contribution in [2.24, 2.45) is 5.73 Å². The number of hydrogen-bond donors (Lipinski definition) is 2. The van der Waals surface area contributed by atoms with Gasteiger partial charge in [0, 0.05) is 0 Å². The SMILES string of the molecule is CSc1[nH]c2nc(SC)n(-c3ccccc3)c(=O)c2c1C(N)=O. The number of benzene rings is 1. The molecule has 0 aliphatic carbocycles. The molecule has 1 aromatic carbocycles. The van der Waals surface area contributed by atoms with E-state index in [-0.39, 0.29) is 16.5 Å². The highest BCUT2D eigenvalue weighted by atomic mass is 32.2. The van der Waals surface area contributed by atoms with E-state index in [1.54, 1.807) is 0 Å². The van der Waals surface area contributed by atoms with Crippen molar-refractivity contribution < 1.29 is 4.79 Å². The number of fused-ring (bicyclic) bond motifs is 1. The molecular weight excluding hydrogens is 332 g/mol. The van der Waals surface area contributed by atoms with Crippen LogP contribution in [-0.2, 0) is 0 Å². The van der Waals surface area contributed by atoms with E-state index < -0.39 is 5.91 Å². The van der Waals surface area contributed by atoms with Gasteiger partial charge in [0.2, 0.25) is 0 Å². The summed E-state index contributed by atoms with van der Waals surface area (Å²) >= 11 is 2.68. The number of nitrogens with two attached hydrogens (primary N) is 1. The van der Waals surface area contributed by atoms with Gasteiger partial charge in [0.25, 0.3) is 11.5 Å². The molecular formula is C15H14N4O2S2. The van der Waals surface area contributed by atoms with E-state index in [1.807, 2.05) is 42.8 Å². The molecule has 23 heavy (non-hydrogen) atoms. The lowest BCUT2D eigenvalue weighted by Crippen LogP contribution is -2.23. The van der Waals surface area contributed by atoms with Gasteiger partial charge in [-0.1, -0.05) is 30.0 Å². The monoisotopic (exact) mass is 346 g/mol. The zero-order chi connectivity index (χ0) is 16.6. The first-order valence-electron chi connectivity index (χ1n) is 6.70. The summed E-state index contributed by atoms with van der Waals surface area (Å²) in [5.41, 5.74) is 6.44. The molecule has 0 saturated heterocycles. The number of thioether (sulfide) groups is 2. The number of H-pyrrole nitrogens is 1. The summed E-state index contributed by atoms with van der Waals surface area (Å²) in [6.07, 6.45) is 3.66. The van der Waals surface area contributed by atoms with Crippen LogP contribution in [0.1, 0.15) is 10.4 Å². The van der Waals surface area contributed by atoms with Crippen LogP contribution in [0.2, 0.25) is 0 Å². The van der Waals surface area contributed by atoms with E-state index in [0.29, 0.717) is 21.5 Å². The Morgan fingerprint density at radius 3 is 2.48 bits per heavy atom. The highest BCUT2D eigenvalue weighted by molar-refractivity contribution is 7.98. The zero-order valence-electron chi connectivity index (χ0n) is 12.5. The lowest BCUT2D eigenvalue weighted by Gasteiger charge is -2.10. The van der Waals surface area contributed by atoms with Crippen molar-refractivity contribution in [2.75, 3.05) is 12.5 Å².